The zero-order valence-electron chi connectivity index (χ0n) is 12.0. The van der Waals surface area contributed by atoms with Crippen LogP contribution in [0.1, 0.15) is 17.5 Å². The van der Waals surface area contributed by atoms with Crippen LogP contribution in [0, 0.1) is 12.8 Å². The van der Waals surface area contributed by atoms with Gasteiger partial charge in [-0.25, -0.2) is 13.1 Å². The minimum atomic E-state index is -3.51. The smallest absolute Gasteiger partial charge is 0.240 e. The minimum absolute atomic E-state index is 0.157. The molecule has 1 atom stereocenters. The van der Waals surface area contributed by atoms with Gasteiger partial charge in [-0.3, -0.25) is 0 Å². The van der Waals surface area contributed by atoms with E-state index in [-0.39, 0.29) is 11.5 Å². The molecule has 1 unspecified atom stereocenters. The Balaban J connectivity index is 2.10. The summed E-state index contributed by atoms with van der Waals surface area (Å²) in [4.78, 5) is 2.46. The molecule has 0 radical (unpaired) electrons. The summed E-state index contributed by atoms with van der Waals surface area (Å²) in [6.45, 7) is 4.02. The molecule has 0 bridgehead atoms. The molecule has 6 heteroatoms. The maximum atomic E-state index is 12.4. The van der Waals surface area contributed by atoms with Crippen LogP contribution in [0.3, 0.4) is 0 Å². The average Bonchev–Trinajstić information content (AvgIpc) is 2.83. The number of aryl methyl sites for hydroxylation is 1. The second-order valence-corrected chi connectivity index (χ2v) is 7.26. The van der Waals surface area contributed by atoms with Gasteiger partial charge in [-0.2, -0.15) is 0 Å². The fraction of sp³-hybridized carbons (Fsp3) is 0.571. The Morgan fingerprint density at radius 1 is 1.45 bits per heavy atom. The maximum absolute atomic E-state index is 12.4. The highest BCUT2D eigenvalue weighted by atomic mass is 32.2. The number of sulfonamides is 1. The molecule has 2 rings (SSSR count). The summed E-state index contributed by atoms with van der Waals surface area (Å²) >= 11 is 0. The van der Waals surface area contributed by atoms with Gasteiger partial charge in [0.25, 0.3) is 0 Å². The second kappa shape index (κ2) is 6.22. The summed E-state index contributed by atoms with van der Waals surface area (Å²) in [7, 11) is -1.46. The fourth-order valence-electron chi connectivity index (χ4n) is 2.53. The normalized spacial score (nSPS) is 20.4. The summed E-state index contributed by atoms with van der Waals surface area (Å²) in [5.74, 6) is 0.371. The van der Waals surface area contributed by atoms with Gasteiger partial charge in [-0.1, -0.05) is 12.1 Å². The van der Waals surface area contributed by atoms with E-state index in [1.165, 1.54) is 0 Å². The molecule has 0 aliphatic carbocycles. The molecule has 5 nitrogen and oxygen atoms in total. The Hall–Kier alpha value is -0.950. The van der Waals surface area contributed by atoms with Crippen LogP contribution in [0.2, 0.25) is 0 Å². The van der Waals surface area contributed by atoms with Crippen molar-refractivity contribution in [3.05, 3.63) is 29.3 Å². The van der Waals surface area contributed by atoms with Crippen LogP contribution in [-0.2, 0) is 16.6 Å². The molecular weight excluding hydrogens is 276 g/mol. The number of rotatable bonds is 5. The van der Waals surface area contributed by atoms with E-state index >= 15 is 0 Å². The van der Waals surface area contributed by atoms with Crippen molar-refractivity contribution in [2.45, 2.75) is 24.8 Å². The van der Waals surface area contributed by atoms with Crippen molar-refractivity contribution in [1.29, 1.82) is 0 Å². The molecule has 20 heavy (non-hydrogen) atoms. The van der Waals surface area contributed by atoms with Gasteiger partial charge in [-0.05, 0) is 50.0 Å². The van der Waals surface area contributed by atoms with Gasteiger partial charge in [0.2, 0.25) is 10.0 Å². The summed E-state index contributed by atoms with van der Waals surface area (Å²) < 4.78 is 27.4. The Morgan fingerprint density at radius 3 is 2.80 bits per heavy atom. The van der Waals surface area contributed by atoms with Gasteiger partial charge in [0.15, 0.2) is 0 Å². The van der Waals surface area contributed by atoms with E-state index in [2.05, 4.69) is 9.62 Å². The third-order valence-corrected chi connectivity index (χ3v) is 5.34. The Morgan fingerprint density at radius 2 is 2.20 bits per heavy atom. The summed E-state index contributed by atoms with van der Waals surface area (Å²) in [6, 6.07) is 5.00. The molecule has 1 aliphatic rings. The van der Waals surface area contributed by atoms with E-state index in [0.717, 1.165) is 19.5 Å². The largest absolute Gasteiger partial charge is 0.392 e. The van der Waals surface area contributed by atoms with Crippen LogP contribution in [0.15, 0.2) is 23.1 Å². The maximum Gasteiger partial charge on any atom is 0.240 e. The highest BCUT2D eigenvalue weighted by molar-refractivity contribution is 7.89. The fourth-order valence-corrected chi connectivity index (χ4v) is 3.94. The Labute approximate surface area is 120 Å². The predicted octanol–water partition coefficient (Wildman–Crippen LogP) is 0.717. The molecule has 1 aromatic rings. The highest BCUT2D eigenvalue weighted by Crippen LogP contribution is 2.19. The van der Waals surface area contributed by atoms with Gasteiger partial charge >= 0.3 is 0 Å². The van der Waals surface area contributed by atoms with Crippen molar-refractivity contribution < 1.29 is 13.5 Å². The lowest BCUT2D eigenvalue weighted by atomic mass is 10.1. The molecule has 1 aromatic carbocycles. The van der Waals surface area contributed by atoms with E-state index in [9.17, 15) is 8.42 Å². The number of nitrogens with zero attached hydrogens (tertiary/aromatic N) is 1. The topological polar surface area (TPSA) is 69.6 Å². The molecule has 2 N–H and O–H groups in total. The van der Waals surface area contributed by atoms with Crippen LogP contribution < -0.4 is 4.72 Å². The number of nitrogens with one attached hydrogen (secondary N) is 1. The third kappa shape index (κ3) is 3.58. The highest BCUT2D eigenvalue weighted by Gasteiger charge is 2.23. The molecule has 0 saturated carbocycles. The van der Waals surface area contributed by atoms with E-state index in [1.807, 2.05) is 7.05 Å². The predicted molar refractivity (Wildman–Crippen MR) is 77.9 cm³/mol. The van der Waals surface area contributed by atoms with E-state index < -0.39 is 10.0 Å². The summed E-state index contributed by atoms with van der Waals surface area (Å²) in [5, 5.41) is 9.13. The Kier molecular flexibility index (Phi) is 4.80. The number of aliphatic hydroxyl groups excluding tert-OH is 1. The summed E-state index contributed by atoms with van der Waals surface area (Å²) in [5.41, 5.74) is 1.30. The zero-order chi connectivity index (χ0) is 14.8. The lowest BCUT2D eigenvalue weighted by molar-refractivity contribution is 0.281. The van der Waals surface area contributed by atoms with Crippen LogP contribution >= 0.6 is 0 Å². The monoisotopic (exact) mass is 298 g/mol. The quantitative estimate of drug-likeness (QED) is 0.840. The van der Waals surface area contributed by atoms with Crippen LogP contribution in [0.4, 0.5) is 0 Å². The first-order chi connectivity index (χ1) is 9.42. The lowest BCUT2D eigenvalue weighted by Gasteiger charge is -2.14. The Bertz CT molecular complexity index is 572. The molecule has 1 heterocycles. The third-order valence-electron chi connectivity index (χ3n) is 3.78. The number of hydrogen-bond donors (Lipinski definition) is 2. The van der Waals surface area contributed by atoms with Gasteiger partial charge in [0.1, 0.15) is 0 Å². The SMILES string of the molecule is Cc1ccc(CO)cc1S(=O)(=O)NCC1CCN(C)C1. The molecule has 1 fully saturated rings. The first kappa shape index (κ1) is 15.4. The molecule has 0 amide bonds. The standard InChI is InChI=1S/C14H22N2O3S/c1-11-3-4-12(10-17)7-14(11)20(18,19)15-8-13-5-6-16(2)9-13/h3-4,7,13,15,17H,5-6,8-10H2,1-2H3. The minimum Gasteiger partial charge on any atom is -0.392 e. The van der Waals surface area contributed by atoms with Crippen LogP contribution in [0.5, 0.6) is 0 Å². The molecule has 1 saturated heterocycles. The first-order valence-corrected chi connectivity index (χ1v) is 8.29. The lowest BCUT2D eigenvalue weighted by Crippen LogP contribution is -2.31. The molecule has 0 spiro atoms. The van der Waals surface area contributed by atoms with Crippen molar-refractivity contribution in [3.8, 4) is 0 Å². The average molecular weight is 298 g/mol. The van der Waals surface area contributed by atoms with Crippen molar-refractivity contribution in [1.82, 2.24) is 9.62 Å². The first-order valence-electron chi connectivity index (χ1n) is 6.81. The molecular formula is C14H22N2O3S. The second-order valence-electron chi connectivity index (χ2n) is 5.53. The van der Waals surface area contributed by atoms with E-state index in [1.54, 1.807) is 25.1 Å². The van der Waals surface area contributed by atoms with Gasteiger partial charge in [-0.15, -0.1) is 0 Å². The molecule has 0 aromatic heterocycles. The van der Waals surface area contributed by atoms with Crippen molar-refractivity contribution >= 4 is 10.0 Å². The number of hydrogen-bond acceptors (Lipinski definition) is 4. The van der Waals surface area contributed by atoms with Crippen molar-refractivity contribution in [3.63, 3.8) is 0 Å². The van der Waals surface area contributed by atoms with E-state index in [4.69, 9.17) is 5.11 Å². The van der Waals surface area contributed by atoms with E-state index in [0.29, 0.717) is 23.6 Å². The van der Waals surface area contributed by atoms with Crippen LogP contribution in [-0.4, -0.2) is 45.1 Å². The van der Waals surface area contributed by atoms with Crippen molar-refractivity contribution in [2.24, 2.45) is 5.92 Å². The molecule has 112 valence electrons. The number of benzene rings is 1. The number of aliphatic hydroxyl groups is 1. The van der Waals surface area contributed by atoms with Gasteiger partial charge < -0.3 is 10.0 Å². The number of likely N-dealkylation sites (tertiary alicyclic amines) is 1. The van der Waals surface area contributed by atoms with Gasteiger partial charge in [0, 0.05) is 13.1 Å². The molecule has 1 aliphatic heterocycles. The zero-order valence-corrected chi connectivity index (χ0v) is 12.8. The summed E-state index contributed by atoms with van der Waals surface area (Å²) in [6.07, 6.45) is 1.02. The van der Waals surface area contributed by atoms with Crippen molar-refractivity contribution in [2.75, 3.05) is 26.7 Å². The van der Waals surface area contributed by atoms with Gasteiger partial charge in [0.05, 0.1) is 11.5 Å². The van der Waals surface area contributed by atoms with Crippen LogP contribution in [0.25, 0.3) is 0 Å².